The first-order valence-electron chi connectivity index (χ1n) is 7.18. The molecule has 0 aliphatic heterocycles. The Balaban J connectivity index is 2.56. The van der Waals surface area contributed by atoms with Gasteiger partial charge in [0.15, 0.2) is 0 Å². The molecule has 0 bridgehead atoms. The van der Waals surface area contributed by atoms with Gasteiger partial charge in [0, 0.05) is 31.4 Å². The smallest absolute Gasteiger partial charge is 0.0547 e. The van der Waals surface area contributed by atoms with Crippen molar-refractivity contribution in [1.29, 1.82) is 0 Å². The summed E-state index contributed by atoms with van der Waals surface area (Å²) in [6, 6.07) is 6.50. The number of pyridine rings is 1. The lowest BCUT2D eigenvalue weighted by Gasteiger charge is -2.26. The molecule has 0 saturated heterocycles. The molecule has 0 aromatic carbocycles. The summed E-state index contributed by atoms with van der Waals surface area (Å²) in [5.74, 6) is 0. The third kappa shape index (κ3) is 6.14. The van der Waals surface area contributed by atoms with Gasteiger partial charge in [0.1, 0.15) is 0 Å². The molecular formula is C15H27N3O. The van der Waals surface area contributed by atoms with Crippen LogP contribution in [-0.4, -0.2) is 47.3 Å². The van der Waals surface area contributed by atoms with E-state index in [-0.39, 0.29) is 6.61 Å². The van der Waals surface area contributed by atoms with E-state index in [0.717, 1.165) is 44.0 Å². The third-order valence-electron chi connectivity index (χ3n) is 3.23. The van der Waals surface area contributed by atoms with E-state index in [1.165, 1.54) is 0 Å². The monoisotopic (exact) mass is 265 g/mol. The highest BCUT2D eigenvalue weighted by Gasteiger charge is 2.12. The van der Waals surface area contributed by atoms with E-state index < -0.39 is 0 Å². The molecule has 1 heterocycles. The molecule has 1 aromatic heterocycles. The van der Waals surface area contributed by atoms with Crippen molar-refractivity contribution in [2.24, 2.45) is 0 Å². The molecule has 0 saturated carbocycles. The van der Waals surface area contributed by atoms with Gasteiger partial charge in [0.2, 0.25) is 0 Å². The van der Waals surface area contributed by atoms with Crippen LogP contribution in [0.4, 0.5) is 0 Å². The Bertz CT molecular complexity index is 351. The normalized spacial score (nSPS) is 12.9. The third-order valence-corrected chi connectivity index (χ3v) is 3.23. The van der Waals surface area contributed by atoms with E-state index in [0.29, 0.717) is 6.04 Å². The minimum Gasteiger partial charge on any atom is -0.396 e. The van der Waals surface area contributed by atoms with Gasteiger partial charge in [-0.2, -0.15) is 0 Å². The van der Waals surface area contributed by atoms with Crippen molar-refractivity contribution in [3.05, 3.63) is 29.6 Å². The first kappa shape index (κ1) is 16.1. The molecule has 0 aliphatic rings. The second-order valence-corrected chi connectivity index (χ2v) is 4.86. The van der Waals surface area contributed by atoms with Gasteiger partial charge in [-0.05, 0) is 38.6 Å². The van der Waals surface area contributed by atoms with Crippen LogP contribution in [-0.2, 0) is 6.54 Å². The molecule has 1 unspecified atom stereocenters. The van der Waals surface area contributed by atoms with Crippen LogP contribution in [0.25, 0.3) is 0 Å². The number of nitrogens with zero attached hydrogens (tertiary/aromatic N) is 2. The number of aryl methyl sites for hydroxylation is 1. The molecule has 0 radical (unpaired) electrons. The maximum Gasteiger partial charge on any atom is 0.0547 e. The Morgan fingerprint density at radius 3 is 2.74 bits per heavy atom. The van der Waals surface area contributed by atoms with Gasteiger partial charge in [-0.1, -0.05) is 19.9 Å². The second kappa shape index (κ2) is 9.02. The zero-order valence-corrected chi connectivity index (χ0v) is 12.4. The van der Waals surface area contributed by atoms with Gasteiger partial charge in [0.05, 0.1) is 5.69 Å². The fraction of sp³-hybridized carbons (Fsp3) is 0.667. The van der Waals surface area contributed by atoms with Crippen molar-refractivity contribution in [3.63, 3.8) is 0 Å². The number of aromatic nitrogens is 1. The lowest BCUT2D eigenvalue weighted by molar-refractivity contribution is 0.208. The number of aliphatic hydroxyl groups is 1. The summed E-state index contributed by atoms with van der Waals surface area (Å²) in [6.07, 6.45) is 0.797. The zero-order chi connectivity index (χ0) is 14.1. The van der Waals surface area contributed by atoms with Crippen LogP contribution in [0.1, 0.15) is 31.7 Å². The average Bonchev–Trinajstić information content (AvgIpc) is 2.38. The van der Waals surface area contributed by atoms with Gasteiger partial charge in [-0.15, -0.1) is 0 Å². The molecular weight excluding hydrogens is 238 g/mol. The van der Waals surface area contributed by atoms with Gasteiger partial charge in [-0.3, -0.25) is 9.88 Å². The van der Waals surface area contributed by atoms with Crippen molar-refractivity contribution in [2.45, 2.75) is 39.8 Å². The Kier molecular flexibility index (Phi) is 7.63. The zero-order valence-electron chi connectivity index (χ0n) is 12.4. The maximum absolute atomic E-state index is 9.10. The topological polar surface area (TPSA) is 48.4 Å². The van der Waals surface area contributed by atoms with Crippen LogP contribution in [0.15, 0.2) is 18.2 Å². The number of rotatable bonds is 9. The van der Waals surface area contributed by atoms with Crippen molar-refractivity contribution >= 4 is 0 Å². The van der Waals surface area contributed by atoms with E-state index in [4.69, 9.17) is 5.11 Å². The minimum atomic E-state index is 0.234. The Labute approximate surface area is 116 Å². The Hall–Kier alpha value is -0.970. The first-order chi connectivity index (χ1) is 9.19. The Morgan fingerprint density at radius 1 is 1.37 bits per heavy atom. The molecule has 1 atom stereocenters. The van der Waals surface area contributed by atoms with Gasteiger partial charge in [0.25, 0.3) is 0 Å². The fourth-order valence-electron chi connectivity index (χ4n) is 2.24. The number of likely N-dealkylation sites (N-methyl/N-ethyl adjacent to an activating group) is 2. The van der Waals surface area contributed by atoms with Crippen LogP contribution in [0.2, 0.25) is 0 Å². The quantitative estimate of drug-likeness (QED) is 0.711. The minimum absolute atomic E-state index is 0.234. The highest BCUT2D eigenvalue weighted by Crippen LogP contribution is 2.05. The van der Waals surface area contributed by atoms with E-state index in [9.17, 15) is 0 Å². The molecule has 2 N–H and O–H groups in total. The number of hydrogen-bond acceptors (Lipinski definition) is 4. The van der Waals surface area contributed by atoms with Crippen molar-refractivity contribution in [3.8, 4) is 0 Å². The van der Waals surface area contributed by atoms with Crippen LogP contribution in [0.3, 0.4) is 0 Å². The van der Waals surface area contributed by atoms with Gasteiger partial charge >= 0.3 is 0 Å². The number of nitrogens with one attached hydrogen (secondary N) is 1. The van der Waals surface area contributed by atoms with Crippen molar-refractivity contribution in [1.82, 2.24) is 15.2 Å². The highest BCUT2D eigenvalue weighted by molar-refractivity contribution is 5.09. The number of hydrogen-bond donors (Lipinski definition) is 2. The standard InChI is InChI=1S/C15H27N3O/c1-4-16-14(9-10-19)11-18(5-2)12-15-8-6-7-13(3)17-15/h6-8,14,16,19H,4-5,9-12H2,1-3H3. The van der Waals surface area contributed by atoms with Crippen LogP contribution in [0, 0.1) is 6.92 Å². The van der Waals surface area contributed by atoms with E-state index >= 15 is 0 Å². The number of aliphatic hydroxyl groups excluding tert-OH is 1. The molecule has 4 nitrogen and oxygen atoms in total. The van der Waals surface area contributed by atoms with E-state index in [1.54, 1.807) is 0 Å². The van der Waals surface area contributed by atoms with Gasteiger partial charge < -0.3 is 10.4 Å². The summed E-state index contributed by atoms with van der Waals surface area (Å²) in [7, 11) is 0. The lowest BCUT2D eigenvalue weighted by atomic mass is 10.2. The molecule has 19 heavy (non-hydrogen) atoms. The van der Waals surface area contributed by atoms with Crippen LogP contribution in [0.5, 0.6) is 0 Å². The van der Waals surface area contributed by atoms with Gasteiger partial charge in [-0.25, -0.2) is 0 Å². The molecule has 0 spiro atoms. The summed E-state index contributed by atoms with van der Waals surface area (Å²) in [4.78, 5) is 6.91. The second-order valence-electron chi connectivity index (χ2n) is 4.86. The molecule has 0 fully saturated rings. The lowest BCUT2D eigenvalue weighted by Crippen LogP contribution is -2.41. The summed E-state index contributed by atoms with van der Waals surface area (Å²) in [6.45, 7) is 10.3. The highest BCUT2D eigenvalue weighted by atomic mass is 16.3. The van der Waals surface area contributed by atoms with E-state index in [1.807, 2.05) is 13.0 Å². The van der Waals surface area contributed by atoms with Crippen LogP contribution < -0.4 is 5.32 Å². The summed E-state index contributed by atoms with van der Waals surface area (Å²) in [5.41, 5.74) is 2.17. The van der Waals surface area contributed by atoms with Crippen molar-refractivity contribution in [2.75, 3.05) is 26.2 Å². The summed E-state index contributed by atoms with van der Waals surface area (Å²) >= 11 is 0. The van der Waals surface area contributed by atoms with E-state index in [2.05, 4.69) is 41.2 Å². The summed E-state index contributed by atoms with van der Waals surface area (Å²) in [5, 5.41) is 12.5. The largest absolute Gasteiger partial charge is 0.396 e. The maximum atomic E-state index is 9.10. The average molecular weight is 265 g/mol. The molecule has 0 amide bonds. The molecule has 1 rings (SSSR count). The van der Waals surface area contributed by atoms with Crippen LogP contribution >= 0.6 is 0 Å². The van der Waals surface area contributed by atoms with Crippen molar-refractivity contribution < 1.29 is 5.11 Å². The SMILES string of the molecule is CCNC(CCO)CN(CC)Cc1cccc(C)n1. The fourth-order valence-corrected chi connectivity index (χ4v) is 2.24. The predicted molar refractivity (Wildman–Crippen MR) is 79.1 cm³/mol. The molecule has 108 valence electrons. The summed E-state index contributed by atoms with van der Waals surface area (Å²) < 4.78 is 0. The Morgan fingerprint density at radius 2 is 2.16 bits per heavy atom. The molecule has 1 aromatic rings. The molecule has 4 heteroatoms. The molecule has 0 aliphatic carbocycles. The predicted octanol–water partition coefficient (Wildman–Crippen LogP) is 1.57. The first-order valence-corrected chi connectivity index (χ1v) is 7.18.